The lowest BCUT2D eigenvalue weighted by molar-refractivity contribution is -0.137. The lowest BCUT2D eigenvalue weighted by Gasteiger charge is -2.16. The highest BCUT2D eigenvalue weighted by Gasteiger charge is 2.15. The van der Waals surface area contributed by atoms with Gasteiger partial charge in [0.1, 0.15) is 0 Å². The molecule has 2 rings (SSSR count). The van der Waals surface area contributed by atoms with Gasteiger partial charge in [0, 0.05) is 12.6 Å². The van der Waals surface area contributed by atoms with Crippen LogP contribution in [0.15, 0.2) is 33.9 Å². The van der Waals surface area contributed by atoms with Crippen molar-refractivity contribution in [2.75, 3.05) is 0 Å². The molecule has 0 aliphatic rings. The highest BCUT2D eigenvalue weighted by atomic mass is 16.4. The molecule has 0 unspecified atom stereocenters. The summed E-state index contributed by atoms with van der Waals surface area (Å²) in [5.41, 5.74) is -0.0905. The Morgan fingerprint density at radius 2 is 1.75 bits per heavy atom. The van der Waals surface area contributed by atoms with Crippen LogP contribution in [0.25, 0.3) is 11.0 Å². The van der Waals surface area contributed by atoms with E-state index in [9.17, 15) is 14.4 Å². The van der Waals surface area contributed by atoms with E-state index < -0.39 is 17.1 Å². The number of nitrogens with zero attached hydrogens (tertiary/aromatic N) is 2. The van der Waals surface area contributed by atoms with Crippen LogP contribution in [0.3, 0.4) is 0 Å². The molecule has 1 heterocycles. The van der Waals surface area contributed by atoms with Crippen LogP contribution in [0, 0.1) is 0 Å². The zero-order valence-corrected chi connectivity index (χ0v) is 11.4. The number of aliphatic carboxylic acids is 1. The second kappa shape index (κ2) is 5.32. The summed E-state index contributed by atoms with van der Waals surface area (Å²) in [5, 5.41) is 8.75. The third-order valence-corrected chi connectivity index (χ3v) is 3.14. The summed E-state index contributed by atoms with van der Waals surface area (Å²) in [6.07, 6.45) is -0.199. The van der Waals surface area contributed by atoms with Crippen LogP contribution in [0.2, 0.25) is 0 Å². The molecule has 0 aliphatic heterocycles. The Balaban J connectivity index is 2.80. The van der Waals surface area contributed by atoms with Crippen LogP contribution < -0.4 is 11.1 Å². The van der Waals surface area contributed by atoms with E-state index in [1.165, 1.54) is 9.13 Å². The first-order chi connectivity index (χ1) is 9.43. The maximum Gasteiger partial charge on any atom is 0.317 e. The van der Waals surface area contributed by atoms with Gasteiger partial charge in [-0.2, -0.15) is 0 Å². The molecule has 0 radical (unpaired) electrons. The second-order valence-corrected chi connectivity index (χ2v) is 4.86. The molecule has 2 aromatic rings. The summed E-state index contributed by atoms with van der Waals surface area (Å²) in [4.78, 5) is 35.0. The molecule has 0 aliphatic carbocycles. The number of para-hydroxylation sites is 2. The molecule has 0 saturated heterocycles. The van der Waals surface area contributed by atoms with Crippen LogP contribution in [-0.2, 0) is 11.3 Å². The summed E-state index contributed by atoms with van der Waals surface area (Å²) >= 11 is 0. The average molecular weight is 276 g/mol. The molecule has 0 saturated carbocycles. The number of carboxylic acid groups (broad SMARTS) is 1. The number of carbonyl (C=O) groups is 1. The molecule has 0 fully saturated rings. The molecule has 1 N–H and O–H groups in total. The molecule has 0 bridgehead atoms. The summed E-state index contributed by atoms with van der Waals surface area (Å²) in [6.45, 7) is 3.65. The first-order valence-corrected chi connectivity index (χ1v) is 6.39. The van der Waals surface area contributed by atoms with Crippen molar-refractivity contribution in [3.8, 4) is 0 Å². The molecule has 0 amide bonds. The lowest BCUT2D eigenvalue weighted by atomic mass is 10.2. The zero-order chi connectivity index (χ0) is 14.9. The Morgan fingerprint density at radius 1 is 1.15 bits per heavy atom. The van der Waals surface area contributed by atoms with E-state index in [0.717, 1.165) is 0 Å². The molecule has 6 nitrogen and oxygen atoms in total. The predicted molar refractivity (Wildman–Crippen MR) is 75.1 cm³/mol. The van der Waals surface area contributed by atoms with E-state index in [4.69, 9.17) is 5.11 Å². The van der Waals surface area contributed by atoms with Crippen LogP contribution in [0.5, 0.6) is 0 Å². The van der Waals surface area contributed by atoms with E-state index in [1.807, 2.05) is 13.8 Å². The van der Waals surface area contributed by atoms with Crippen LogP contribution in [0.1, 0.15) is 26.3 Å². The maximum atomic E-state index is 12.2. The first-order valence-electron chi connectivity index (χ1n) is 6.39. The third kappa shape index (κ3) is 2.36. The fraction of sp³-hybridized carbons (Fsp3) is 0.357. The summed E-state index contributed by atoms with van der Waals surface area (Å²) in [7, 11) is 0. The van der Waals surface area contributed by atoms with Gasteiger partial charge in [-0.15, -0.1) is 0 Å². The number of hydrogen-bond donors (Lipinski definition) is 1. The largest absolute Gasteiger partial charge is 0.481 e. The third-order valence-electron chi connectivity index (χ3n) is 3.14. The summed E-state index contributed by atoms with van der Waals surface area (Å²) < 4.78 is 2.68. The minimum atomic E-state index is -1.01. The van der Waals surface area contributed by atoms with Gasteiger partial charge >= 0.3 is 17.1 Å². The van der Waals surface area contributed by atoms with Crippen molar-refractivity contribution in [1.82, 2.24) is 9.13 Å². The van der Waals surface area contributed by atoms with Gasteiger partial charge in [-0.1, -0.05) is 12.1 Å². The van der Waals surface area contributed by atoms with Gasteiger partial charge in [0.15, 0.2) is 0 Å². The Kier molecular flexibility index (Phi) is 3.74. The number of rotatable bonds is 4. The van der Waals surface area contributed by atoms with Gasteiger partial charge in [0.25, 0.3) is 0 Å². The van der Waals surface area contributed by atoms with Gasteiger partial charge in [0.2, 0.25) is 0 Å². The van der Waals surface area contributed by atoms with Crippen LogP contribution in [-0.4, -0.2) is 20.2 Å². The first kappa shape index (κ1) is 14.0. The van der Waals surface area contributed by atoms with Gasteiger partial charge in [-0.05, 0) is 26.0 Å². The molecular formula is C14H16N2O4. The Bertz CT molecular complexity index is 771. The molecule has 6 heteroatoms. The number of fused-ring (bicyclic) bond motifs is 1. The normalized spacial score (nSPS) is 11.2. The van der Waals surface area contributed by atoms with E-state index in [-0.39, 0.29) is 19.0 Å². The number of hydrogen-bond acceptors (Lipinski definition) is 3. The minimum Gasteiger partial charge on any atom is -0.481 e. The maximum absolute atomic E-state index is 12.2. The molecule has 106 valence electrons. The molecule has 20 heavy (non-hydrogen) atoms. The average Bonchev–Trinajstić information content (AvgIpc) is 2.38. The lowest BCUT2D eigenvalue weighted by Crippen LogP contribution is -2.42. The number of aromatic nitrogens is 2. The summed E-state index contributed by atoms with van der Waals surface area (Å²) in [6, 6.07) is 6.87. The Morgan fingerprint density at radius 3 is 2.30 bits per heavy atom. The number of aryl methyl sites for hydroxylation is 1. The van der Waals surface area contributed by atoms with Crippen molar-refractivity contribution in [3.05, 3.63) is 45.0 Å². The highest BCUT2D eigenvalue weighted by molar-refractivity contribution is 5.75. The molecule has 0 atom stereocenters. The van der Waals surface area contributed by atoms with Gasteiger partial charge in [-0.25, -0.2) is 0 Å². The van der Waals surface area contributed by atoms with Crippen LogP contribution in [0.4, 0.5) is 0 Å². The highest BCUT2D eigenvalue weighted by Crippen LogP contribution is 2.14. The topological polar surface area (TPSA) is 81.3 Å². The van der Waals surface area contributed by atoms with Crippen molar-refractivity contribution in [3.63, 3.8) is 0 Å². The predicted octanol–water partition coefficient (Wildman–Crippen LogP) is 1.22. The van der Waals surface area contributed by atoms with Crippen molar-refractivity contribution in [1.29, 1.82) is 0 Å². The number of carboxylic acids is 1. The smallest absolute Gasteiger partial charge is 0.317 e. The fourth-order valence-electron chi connectivity index (χ4n) is 2.28. The Hall–Kier alpha value is -2.37. The summed E-state index contributed by atoms with van der Waals surface area (Å²) in [5.74, 6) is -1.01. The SMILES string of the molecule is CC(C)n1c(=O)c(=O)n(CCC(=O)O)c2ccccc21. The van der Waals surface area contributed by atoms with Gasteiger partial charge in [-0.3, -0.25) is 19.0 Å². The minimum absolute atomic E-state index is 0.0111. The van der Waals surface area contributed by atoms with E-state index in [0.29, 0.717) is 11.0 Å². The van der Waals surface area contributed by atoms with Crippen molar-refractivity contribution in [2.24, 2.45) is 0 Å². The monoisotopic (exact) mass is 276 g/mol. The molecular weight excluding hydrogens is 260 g/mol. The Labute approximate surface area is 114 Å². The standard InChI is InChI=1S/C14H16N2O4/c1-9(2)16-11-6-4-3-5-10(11)15(8-7-12(17)18)13(19)14(16)20/h3-6,9H,7-8H2,1-2H3,(H,17,18). The molecule has 1 aromatic carbocycles. The van der Waals surface area contributed by atoms with E-state index >= 15 is 0 Å². The zero-order valence-electron chi connectivity index (χ0n) is 11.4. The van der Waals surface area contributed by atoms with Crippen molar-refractivity contribution >= 4 is 17.0 Å². The van der Waals surface area contributed by atoms with E-state index in [2.05, 4.69) is 0 Å². The van der Waals surface area contributed by atoms with Crippen molar-refractivity contribution in [2.45, 2.75) is 32.9 Å². The number of benzene rings is 1. The fourth-order valence-corrected chi connectivity index (χ4v) is 2.28. The van der Waals surface area contributed by atoms with Crippen molar-refractivity contribution < 1.29 is 9.90 Å². The quantitative estimate of drug-likeness (QED) is 0.851. The molecule has 0 spiro atoms. The van der Waals surface area contributed by atoms with Gasteiger partial charge in [0.05, 0.1) is 17.5 Å². The van der Waals surface area contributed by atoms with Gasteiger partial charge < -0.3 is 9.67 Å². The molecule has 1 aromatic heterocycles. The van der Waals surface area contributed by atoms with E-state index in [1.54, 1.807) is 24.3 Å². The second-order valence-electron chi connectivity index (χ2n) is 4.86. The van der Waals surface area contributed by atoms with Crippen LogP contribution >= 0.6 is 0 Å².